The lowest BCUT2D eigenvalue weighted by molar-refractivity contribution is -0.121. The number of hydrogen-bond donors (Lipinski definition) is 1. The van der Waals surface area contributed by atoms with Crippen LogP contribution in [0.25, 0.3) is 4.96 Å². The van der Waals surface area contributed by atoms with Gasteiger partial charge in [-0.25, -0.2) is 4.39 Å². The van der Waals surface area contributed by atoms with E-state index >= 15 is 0 Å². The van der Waals surface area contributed by atoms with Gasteiger partial charge in [-0.3, -0.25) is 9.20 Å². The van der Waals surface area contributed by atoms with Crippen LogP contribution in [0.15, 0.2) is 36.0 Å². The molecule has 7 heteroatoms. The molecule has 0 aliphatic rings. The molecule has 0 aliphatic carbocycles. The molecule has 114 valence electrons. The lowest BCUT2D eigenvalue weighted by Gasteiger charge is -2.05. The van der Waals surface area contributed by atoms with Gasteiger partial charge in [0.25, 0.3) is 0 Å². The summed E-state index contributed by atoms with van der Waals surface area (Å²) in [6.07, 6.45) is 3.43. The SMILES string of the molecule is O=C(CCc1ccc(F)cc1)NCCc1csc2nncn12. The monoisotopic (exact) mass is 318 g/mol. The first-order chi connectivity index (χ1) is 10.7. The van der Waals surface area contributed by atoms with Crippen molar-refractivity contribution in [2.24, 2.45) is 0 Å². The zero-order chi connectivity index (χ0) is 15.4. The molecule has 0 fully saturated rings. The van der Waals surface area contributed by atoms with Crippen LogP contribution in [0.3, 0.4) is 0 Å². The van der Waals surface area contributed by atoms with Gasteiger partial charge in [0.2, 0.25) is 10.9 Å². The van der Waals surface area contributed by atoms with Crippen LogP contribution >= 0.6 is 11.3 Å². The first-order valence-corrected chi connectivity index (χ1v) is 7.87. The van der Waals surface area contributed by atoms with Gasteiger partial charge in [-0.15, -0.1) is 21.5 Å². The standard InChI is InChI=1S/C15H15FN4OS/c16-12-4-1-11(2-5-12)3-6-14(21)17-8-7-13-9-22-15-19-18-10-20(13)15/h1-2,4-5,9-10H,3,6-8H2,(H,17,21). The minimum Gasteiger partial charge on any atom is -0.356 e. The Morgan fingerprint density at radius 1 is 1.27 bits per heavy atom. The Labute approximate surface area is 130 Å². The second kappa shape index (κ2) is 6.65. The fourth-order valence-corrected chi connectivity index (χ4v) is 3.03. The Balaban J connectivity index is 1.42. The Morgan fingerprint density at radius 3 is 2.91 bits per heavy atom. The van der Waals surface area contributed by atoms with Crippen molar-refractivity contribution in [2.75, 3.05) is 6.54 Å². The van der Waals surface area contributed by atoms with Crippen molar-refractivity contribution in [1.82, 2.24) is 19.9 Å². The largest absolute Gasteiger partial charge is 0.356 e. The number of carbonyl (C=O) groups excluding carboxylic acids is 1. The number of aromatic nitrogens is 3. The van der Waals surface area contributed by atoms with Crippen molar-refractivity contribution >= 4 is 22.2 Å². The number of rotatable bonds is 6. The molecule has 0 bridgehead atoms. The number of nitrogens with one attached hydrogen (secondary N) is 1. The molecule has 0 saturated heterocycles. The topological polar surface area (TPSA) is 59.3 Å². The first-order valence-electron chi connectivity index (χ1n) is 6.99. The molecule has 22 heavy (non-hydrogen) atoms. The summed E-state index contributed by atoms with van der Waals surface area (Å²) in [5.74, 6) is -0.260. The predicted octanol–water partition coefficient (Wildman–Crippen LogP) is 2.22. The summed E-state index contributed by atoms with van der Waals surface area (Å²) in [5.41, 5.74) is 2.05. The van der Waals surface area contributed by atoms with Crippen LogP contribution in [0, 0.1) is 5.82 Å². The maximum absolute atomic E-state index is 12.8. The summed E-state index contributed by atoms with van der Waals surface area (Å²) in [7, 11) is 0. The first kappa shape index (κ1) is 14.6. The van der Waals surface area contributed by atoms with Gasteiger partial charge in [-0.2, -0.15) is 0 Å². The Bertz CT molecular complexity index is 765. The molecule has 3 aromatic rings. The normalized spacial score (nSPS) is 11.0. The van der Waals surface area contributed by atoms with Gasteiger partial charge in [0.15, 0.2) is 0 Å². The summed E-state index contributed by atoms with van der Waals surface area (Å²) in [5, 5.41) is 12.7. The number of thiazole rings is 1. The molecule has 1 N–H and O–H groups in total. The van der Waals surface area contributed by atoms with Gasteiger partial charge in [-0.1, -0.05) is 12.1 Å². The van der Waals surface area contributed by atoms with E-state index in [-0.39, 0.29) is 11.7 Å². The quantitative estimate of drug-likeness (QED) is 0.758. The maximum atomic E-state index is 12.8. The molecule has 1 aromatic carbocycles. The third-order valence-electron chi connectivity index (χ3n) is 3.38. The van der Waals surface area contributed by atoms with Crippen LogP contribution in [-0.4, -0.2) is 27.0 Å². The lowest BCUT2D eigenvalue weighted by atomic mass is 10.1. The molecule has 0 saturated carbocycles. The second-order valence-electron chi connectivity index (χ2n) is 4.94. The van der Waals surface area contributed by atoms with E-state index in [0.717, 1.165) is 22.6 Å². The van der Waals surface area contributed by atoms with Crippen molar-refractivity contribution in [3.8, 4) is 0 Å². The number of aryl methyl sites for hydroxylation is 1. The molecule has 0 spiro atoms. The molecular weight excluding hydrogens is 303 g/mol. The molecule has 0 radical (unpaired) electrons. The summed E-state index contributed by atoms with van der Waals surface area (Å²) in [4.78, 5) is 12.7. The molecule has 0 aliphatic heterocycles. The van der Waals surface area contributed by atoms with Crippen LogP contribution in [0.2, 0.25) is 0 Å². The number of carbonyl (C=O) groups is 1. The van der Waals surface area contributed by atoms with E-state index in [4.69, 9.17) is 0 Å². The summed E-state index contributed by atoms with van der Waals surface area (Å²) >= 11 is 1.53. The smallest absolute Gasteiger partial charge is 0.220 e. The maximum Gasteiger partial charge on any atom is 0.220 e. The van der Waals surface area contributed by atoms with Crippen molar-refractivity contribution in [3.05, 3.63) is 53.0 Å². The number of fused-ring (bicyclic) bond motifs is 1. The number of nitrogens with zero attached hydrogens (tertiary/aromatic N) is 3. The van der Waals surface area contributed by atoms with Gasteiger partial charge in [-0.05, 0) is 24.1 Å². The fraction of sp³-hybridized carbons (Fsp3) is 0.267. The van der Waals surface area contributed by atoms with Crippen LogP contribution in [0.4, 0.5) is 4.39 Å². The van der Waals surface area contributed by atoms with E-state index in [0.29, 0.717) is 19.4 Å². The summed E-state index contributed by atoms with van der Waals surface area (Å²) in [6, 6.07) is 6.23. The number of amides is 1. The molecule has 3 rings (SSSR count). The van der Waals surface area contributed by atoms with Gasteiger partial charge >= 0.3 is 0 Å². The third kappa shape index (κ3) is 3.48. The second-order valence-corrected chi connectivity index (χ2v) is 5.77. The van der Waals surface area contributed by atoms with Crippen molar-refractivity contribution < 1.29 is 9.18 Å². The minimum atomic E-state index is -0.260. The minimum absolute atomic E-state index is 0.000412. The van der Waals surface area contributed by atoms with Crippen LogP contribution in [0.1, 0.15) is 17.7 Å². The van der Waals surface area contributed by atoms with E-state index in [9.17, 15) is 9.18 Å². The predicted molar refractivity (Wildman–Crippen MR) is 82.3 cm³/mol. The molecule has 0 unspecified atom stereocenters. The Morgan fingerprint density at radius 2 is 2.09 bits per heavy atom. The molecule has 2 heterocycles. The van der Waals surface area contributed by atoms with Gasteiger partial charge in [0, 0.05) is 30.5 Å². The number of halogens is 1. The van der Waals surface area contributed by atoms with Crippen LogP contribution < -0.4 is 5.32 Å². The van der Waals surface area contributed by atoms with Crippen molar-refractivity contribution in [2.45, 2.75) is 19.3 Å². The summed E-state index contributed by atoms with van der Waals surface area (Å²) in [6.45, 7) is 0.576. The lowest BCUT2D eigenvalue weighted by Crippen LogP contribution is -2.26. The molecule has 1 amide bonds. The molecule has 5 nitrogen and oxygen atoms in total. The van der Waals surface area contributed by atoms with Gasteiger partial charge < -0.3 is 5.32 Å². The third-order valence-corrected chi connectivity index (χ3v) is 4.26. The van der Waals surface area contributed by atoms with E-state index < -0.39 is 0 Å². The van der Waals surface area contributed by atoms with Gasteiger partial charge in [0.1, 0.15) is 12.1 Å². The highest BCUT2D eigenvalue weighted by Crippen LogP contribution is 2.13. The van der Waals surface area contributed by atoms with Crippen LogP contribution in [-0.2, 0) is 17.6 Å². The van der Waals surface area contributed by atoms with E-state index in [2.05, 4.69) is 15.5 Å². The average molecular weight is 318 g/mol. The van der Waals surface area contributed by atoms with Gasteiger partial charge in [0.05, 0.1) is 0 Å². The molecule has 0 atom stereocenters. The zero-order valence-electron chi connectivity index (χ0n) is 11.8. The highest BCUT2D eigenvalue weighted by molar-refractivity contribution is 7.15. The van der Waals surface area contributed by atoms with E-state index in [1.165, 1.54) is 23.5 Å². The van der Waals surface area contributed by atoms with Crippen molar-refractivity contribution in [3.63, 3.8) is 0 Å². The Hall–Kier alpha value is -2.28. The Kier molecular flexibility index (Phi) is 4.43. The van der Waals surface area contributed by atoms with Crippen molar-refractivity contribution in [1.29, 1.82) is 0 Å². The molecular formula is C15H15FN4OS. The van der Waals surface area contributed by atoms with E-state index in [1.807, 2.05) is 9.78 Å². The zero-order valence-corrected chi connectivity index (χ0v) is 12.6. The van der Waals surface area contributed by atoms with E-state index in [1.54, 1.807) is 18.5 Å². The number of hydrogen-bond acceptors (Lipinski definition) is 4. The average Bonchev–Trinajstić information content (AvgIpc) is 3.11. The number of benzene rings is 1. The highest BCUT2D eigenvalue weighted by atomic mass is 32.1. The fourth-order valence-electron chi connectivity index (χ4n) is 2.19. The summed E-state index contributed by atoms with van der Waals surface area (Å²) < 4.78 is 14.7. The highest BCUT2D eigenvalue weighted by Gasteiger charge is 2.06. The van der Waals surface area contributed by atoms with Crippen LogP contribution in [0.5, 0.6) is 0 Å². The molecule has 2 aromatic heterocycles.